The second kappa shape index (κ2) is 10.7. The lowest BCUT2D eigenvalue weighted by Crippen LogP contribution is -2.50. The van der Waals surface area contributed by atoms with Crippen molar-refractivity contribution >= 4 is 22.3 Å². The van der Waals surface area contributed by atoms with Gasteiger partial charge in [-0.15, -0.1) is 0 Å². The van der Waals surface area contributed by atoms with Gasteiger partial charge < -0.3 is 14.8 Å². The first kappa shape index (κ1) is 24.4. The van der Waals surface area contributed by atoms with Gasteiger partial charge in [-0.1, -0.05) is 78.9 Å². The quantitative estimate of drug-likeness (QED) is 0.390. The van der Waals surface area contributed by atoms with E-state index in [0.29, 0.717) is 0 Å². The van der Waals surface area contributed by atoms with Crippen LogP contribution in [0, 0.1) is 0 Å². The number of hydrogen-bond acceptors (Lipinski definition) is 6. The monoisotopic (exact) mass is 495 g/mol. The maximum absolute atomic E-state index is 12.6. The molecular weight excluding hydrogens is 470 g/mol. The predicted molar refractivity (Wildman–Crippen MR) is 129 cm³/mol. The molecule has 0 aromatic heterocycles. The fourth-order valence-corrected chi connectivity index (χ4v) is 4.40. The Morgan fingerprint density at radius 3 is 2.03 bits per heavy atom. The molecule has 0 radical (unpaired) electrons. The fourth-order valence-electron chi connectivity index (χ4n) is 4.00. The second-order valence-corrected chi connectivity index (χ2v) is 9.39. The minimum Gasteiger partial charge on any atom is -0.459 e. The highest BCUT2D eigenvalue weighted by atomic mass is 32.2. The molecule has 0 saturated heterocycles. The summed E-state index contributed by atoms with van der Waals surface area (Å²) in [5, 5.41) is 7.36. The first-order valence-corrected chi connectivity index (χ1v) is 12.5. The molecular formula is C25H25N3O6S. The maximum atomic E-state index is 12.6. The Kier molecular flexibility index (Phi) is 7.45. The summed E-state index contributed by atoms with van der Waals surface area (Å²) >= 11 is 0. The Bertz CT molecular complexity index is 1270. The molecule has 4 rings (SSSR count). The summed E-state index contributed by atoms with van der Waals surface area (Å²) in [6.07, 6.45) is -0.884. The van der Waals surface area contributed by atoms with Crippen LogP contribution in [0.25, 0.3) is 11.1 Å². The minimum absolute atomic E-state index is 0.0360. The lowest BCUT2D eigenvalue weighted by Gasteiger charge is -2.19. The molecule has 3 aromatic rings. The lowest BCUT2D eigenvalue weighted by atomic mass is 9.98. The molecule has 1 aliphatic carbocycles. The highest BCUT2D eigenvalue weighted by Gasteiger charge is 2.30. The van der Waals surface area contributed by atoms with E-state index in [1.165, 1.54) is 0 Å². The van der Waals surface area contributed by atoms with Crippen molar-refractivity contribution in [2.24, 2.45) is 5.14 Å². The van der Waals surface area contributed by atoms with E-state index in [2.05, 4.69) is 5.32 Å². The van der Waals surface area contributed by atoms with Crippen LogP contribution >= 0.6 is 0 Å². The molecule has 0 fully saturated rings. The summed E-state index contributed by atoms with van der Waals surface area (Å²) < 4.78 is 35.4. The average Bonchev–Trinajstić information content (AvgIpc) is 3.17. The molecule has 4 N–H and O–H groups in total. The number of rotatable bonds is 9. The number of fused-ring (bicyclic) bond motifs is 3. The molecule has 0 heterocycles. The molecule has 1 amide bonds. The van der Waals surface area contributed by atoms with E-state index in [1.54, 1.807) is 24.3 Å². The van der Waals surface area contributed by atoms with Crippen molar-refractivity contribution in [1.29, 1.82) is 0 Å². The van der Waals surface area contributed by atoms with Gasteiger partial charge in [0, 0.05) is 12.5 Å². The van der Waals surface area contributed by atoms with Crippen LogP contribution in [0.15, 0.2) is 78.9 Å². The third-order valence-electron chi connectivity index (χ3n) is 5.63. The van der Waals surface area contributed by atoms with Gasteiger partial charge in [0.05, 0.1) is 0 Å². The van der Waals surface area contributed by atoms with Crippen molar-refractivity contribution in [2.75, 3.05) is 13.2 Å². The number of ether oxygens (including phenoxy) is 2. The van der Waals surface area contributed by atoms with Gasteiger partial charge in [0.15, 0.2) is 0 Å². The van der Waals surface area contributed by atoms with Crippen molar-refractivity contribution in [2.45, 2.75) is 18.6 Å². The molecule has 35 heavy (non-hydrogen) atoms. The number of benzene rings is 3. The number of alkyl carbamates (subject to hydrolysis) is 1. The molecule has 10 heteroatoms. The summed E-state index contributed by atoms with van der Waals surface area (Å²) in [4.78, 5) is 25.2. The van der Waals surface area contributed by atoms with Gasteiger partial charge in [-0.25, -0.2) is 14.7 Å². The lowest BCUT2D eigenvalue weighted by molar-refractivity contribution is -0.147. The Morgan fingerprint density at radius 2 is 1.43 bits per heavy atom. The van der Waals surface area contributed by atoms with Crippen LogP contribution in [0.1, 0.15) is 22.6 Å². The van der Waals surface area contributed by atoms with Crippen molar-refractivity contribution in [3.8, 4) is 11.1 Å². The zero-order valence-corrected chi connectivity index (χ0v) is 19.5. The highest BCUT2D eigenvalue weighted by Crippen LogP contribution is 2.44. The van der Waals surface area contributed by atoms with Crippen LogP contribution in [-0.2, 0) is 31.1 Å². The third kappa shape index (κ3) is 6.24. The van der Waals surface area contributed by atoms with Crippen LogP contribution < -0.4 is 15.2 Å². The van der Waals surface area contributed by atoms with E-state index in [-0.39, 0.29) is 19.1 Å². The summed E-state index contributed by atoms with van der Waals surface area (Å²) in [5.74, 6) is -1.00. The molecule has 1 atom stereocenters. The zero-order valence-electron chi connectivity index (χ0n) is 18.7. The van der Waals surface area contributed by atoms with Crippen molar-refractivity contribution in [3.63, 3.8) is 0 Å². The van der Waals surface area contributed by atoms with Crippen molar-refractivity contribution in [1.82, 2.24) is 10.0 Å². The number of nitrogens with one attached hydrogen (secondary N) is 2. The molecule has 182 valence electrons. The second-order valence-electron chi connectivity index (χ2n) is 8.01. The van der Waals surface area contributed by atoms with E-state index in [1.807, 2.05) is 59.3 Å². The van der Waals surface area contributed by atoms with Gasteiger partial charge in [-0.3, -0.25) is 0 Å². The summed E-state index contributed by atoms with van der Waals surface area (Å²) in [6, 6.07) is 23.4. The maximum Gasteiger partial charge on any atom is 0.407 e. The van der Waals surface area contributed by atoms with Crippen LogP contribution in [0.5, 0.6) is 0 Å². The van der Waals surface area contributed by atoms with Gasteiger partial charge in [0.1, 0.15) is 19.3 Å². The summed E-state index contributed by atoms with van der Waals surface area (Å²) in [6.45, 7) is -0.497. The van der Waals surface area contributed by atoms with E-state index >= 15 is 0 Å². The molecule has 0 bridgehead atoms. The number of amides is 1. The van der Waals surface area contributed by atoms with E-state index in [9.17, 15) is 18.0 Å². The average molecular weight is 496 g/mol. The van der Waals surface area contributed by atoms with Crippen molar-refractivity contribution < 1.29 is 27.5 Å². The zero-order chi connectivity index (χ0) is 24.8. The Labute approximate surface area is 203 Å². The molecule has 9 nitrogen and oxygen atoms in total. The normalized spacial score (nSPS) is 13.4. The molecule has 1 aliphatic rings. The minimum atomic E-state index is -4.10. The SMILES string of the molecule is NS(=O)(=O)NC[C@H](NC(=O)OCC1c2ccccc2-c2ccccc21)C(=O)OCc1ccccc1. The van der Waals surface area contributed by atoms with Crippen LogP contribution in [0.4, 0.5) is 4.79 Å². The number of nitrogens with two attached hydrogens (primary N) is 1. The van der Waals surface area contributed by atoms with Gasteiger partial charge in [0.25, 0.3) is 10.2 Å². The topological polar surface area (TPSA) is 137 Å². The molecule has 3 aromatic carbocycles. The van der Waals surface area contributed by atoms with E-state index < -0.39 is 34.9 Å². The van der Waals surface area contributed by atoms with Gasteiger partial charge in [0.2, 0.25) is 0 Å². The number of carbonyl (C=O) groups is 2. The van der Waals surface area contributed by atoms with Crippen LogP contribution in [0.2, 0.25) is 0 Å². The smallest absolute Gasteiger partial charge is 0.407 e. The number of hydrogen-bond donors (Lipinski definition) is 3. The fraction of sp³-hybridized carbons (Fsp3) is 0.200. The van der Waals surface area contributed by atoms with Crippen LogP contribution in [0.3, 0.4) is 0 Å². The van der Waals surface area contributed by atoms with E-state index in [0.717, 1.165) is 27.8 Å². The first-order chi connectivity index (χ1) is 16.8. The molecule has 0 spiro atoms. The predicted octanol–water partition coefficient (Wildman–Crippen LogP) is 2.43. The Balaban J connectivity index is 1.40. The number of carbonyl (C=O) groups excluding carboxylic acids is 2. The Hall–Kier alpha value is -3.73. The highest BCUT2D eigenvalue weighted by molar-refractivity contribution is 7.87. The molecule has 0 unspecified atom stereocenters. The van der Waals surface area contributed by atoms with Gasteiger partial charge in [-0.2, -0.15) is 13.1 Å². The first-order valence-electron chi connectivity index (χ1n) is 10.9. The standard InChI is InChI=1S/C25H25N3O6S/c26-35(31,32)27-14-23(24(29)33-15-17-8-2-1-3-9-17)28-25(30)34-16-22-20-12-6-4-10-18(20)19-11-5-7-13-21(19)22/h1-13,22-23,27H,14-16H2,(H,28,30)(H2,26,31,32)/t23-/m0/s1. The third-order valence-corrected chi connectivity index (χ3v) is 6.20. The van der Waals surface area contributed by atoms with Gasteiger partial charge >= 0.3 is 12.1 Å². The van der Waals surface area contributed by atoms with Gasteiger partial charge in [-0.05, 0) is 27.8 Å². The number of esters is 1. The molecule has 0 aliphatic heterocycles. The largest absolute Gasteiger partial charge is 0.459 e. The molecule has 0 saturated carbocycles. The van der Waals surface area contributed by atoms with Crippen LogP contribution in [-0.4, -0.2) is 39.7 Å². The Morgan fingerprint density at radius 1 is 0.857 bits per heavy atom. The summed E-state index contributed by atoms with van der Waals surface area (Å²) in [5.41, 5.74) is 4.97. The van der Waals surface area contributed by atoms with Crippen molar-refractivity contribution in [3.05, 3.63) is 95.6 Å². The van der Waals surface area contributed by atoms with E-state index in [4.69, 9.17) is 14.6 Å². The summed E-state index contributed by atoms with van der Waals surface area (Å²) in [7, 11) is -4.10.